The maximum Gasteiger partial charge on any atom is 0.234 e. The third-order valence-corrected chi connectivity index (χ3v) is 6.44. The molecule has 0 bridgehead atoms. The number of amides is 1. The van der Waals surface area contributed by atoms with Crippen molar-refractivity contribution in [1.29, 1.82) is 0 Å². The number of thioether (sulfide) groups is 1. The monoisotopic (exact) mass is 433 g/mol. The summed E-state index contributed by atoms with van der Waals surface area (Å²) in [6.07, 6.45) is 0. The van der Waals surface area contributed by atoms with E-state index < -0.39 is 0 Å². The fraction of sp³-hybridized carbons (Fsp3) is 0.0952. The molecule has 138 valence electrons. The molecule has 0 spiro atoms. The first kappa shape index (κ1) is 20.2. The molecule has 0 aliphatic carbocycles. The quantitative estimate of drug-likeness (QED) is 0.433. The van der Waals surface area contributed by atoms with Crippen molar-refractivity contribution in [2.75, 3.05) is 11.1 Å². The Hall–Kier alpha value is -1.59. The molecular formula is C21H17Cl2NOS2. The van der Waals surface area contributed by atoms with E-state index in [2.05, 4.69) is 17.4 Å². The minimum absolute atomic E-state index is 0.0267. The summed E-state index contributed by atoms with van der Waals surface area (Å²) in [6.45, 7) is 0. The van der Waals surface area contributed by atoms with E-state index in [1.165, 1.54) is 11.8 Å². The van der Waals surface area contributed by atoms with Gasteiger partial charge in [0.1, 0.15) is 0 Å². The number of hydrogen-bond donors (Lipinski definition) is 1. The SMILES string of the molecule is O=C(CSCc1ccc(Cl)c(Cl)c1)Nc1ccccc1Sc1ccccc1. The molecule has 2 nitrogen and oxygen atoms in total. The number of rotatable bonds is 7. The van der Waals surface area contributed by atoms with Crippen LogP contribution in [0.15, 0.2) is 82.6 Å². The summed E-state index contributed by atoms with van der Waals surface area (Å²) in [5, 5.41) is 4.08. The van der Waals surface area contributed by atoms with E-state index in [-0.39, 0.29) is 5.91 Å². The average Bonchev–Trinajstić information content (AvgIpc) is 2.67. The maximum atomic E-state index is 12.3. The molecule has 6 heteroatoms. The Morgan fingerprint density at radius 2 is 1.63 bits per heavy atom. The van der Waals surface area contributed by atoms with Crippen LogP contribution in [0.4, 0.5) is 5.69 Å². The van der Waals surface area contributed by atoms with Crippen LogP contribution in [-0.2, 0) is 10.5 Å². The predicted octanol–water partition coefficient (Wildman–Crippen LogP) is 7.02. The van der Waals surface area contributed by atoms with Gasteiger partial charge >= 0.3 is 0 Å². The smallest absolute Gasteiger partial charge is 0.234 e. The molecule has 0 aromatic heterocycles. The van der Waals surface area contributed by atoms with Gasteiger partial charge in [-0.25, -0.2) is 0 Å². The van der Waals surface area contributed by atoms with Crippen molar-refractivity contribution in [2.45, 2.75) is 15.5 Å². The molecule has 0 aliphatic heterocycles. The van der Waals surface area contributed by atoms with Crippen molar-refractivity contribution in [3.05, 3.63) is 88.4 Å². The molecule has 3 aromatic carbocycles. The minimum atomic E-state index is -0.0267. The molecule has 0 radical (unpaired) electrons. The first-order chi connectivity index (χ1) is 13.1. The lowest BCUT2D eigenvalue weighted by molar-refractivity contribution is -0.113. The third kappa shape index (κ3) is 6.22. The molecule has 1 amide bonds. The molecule has 0 saturated heterocycles. The van der Waals surface area contributed by atoms with E-state index in [1.54, 1.807) is 17.8 Å². The summed E-state index contributed by atoms with van der Waals surface area (Å²) in [5.74, 6) is 1.04. The van der Waals surface area contributed by atoms with Gasteiger partial charge in [-0.1, -0.05) is 71.4 Å². The van der Waals surface area contributed by atoms with Gasteiger partial charge in [0.15, 0.2) is 0 Å². The van der Waals surface area contributed by atoms with E-state index in [0.29, 0.717) is 21.6 Å². The second-order valence-electron chi connectivity index (χ2n) is 5.70. The lowest BCUT2D eigenvalue weighted by Gasteiger charge is -2.11. The van der Waals surface area contributed by atoms with E-state index in [4.69, 9.17) is 23.2 Å². The fourth-order valence-electron chi connectivity index (χ4n) is 2.35. The van der Waals surface area contributed by atoms with E-state index in [1.807, 2.05) is 54.6 Å². The standard InChI is InChI=1S/C21H17Cl2NOS2/c22-17-11-10-15(12-18(17)23)13-26-14-21(25)24-19-8-4-5-9-20(19)27-16-6-2-1-3-7-16/h1-12H,13-14H2,(H,24,25). The van der Waals surface area contributed by atoms with Gasteiger partial charge in [0.25, 0.3) is 0 Å². The Labute approximate surface area is 177 Å². The highest BCUT2D eigenvalue weighted by Gasteiger charge is 2.08. The largest absolute Gasteiger partial charge is 0.324 e. The highest BCUT2D eigenvalue weighted by molar-refractivity contribution is 7.99. The molecule has 0 atom stereocenters. The zero-order chi connectivity index (χ0) is 19.1. The van der Waals surface area contributed by atoms with Crippen LogP contribution in [0.3, 0.4) is 0 Å². The predicted molar refractivity (Wildman–Crippen MR) is 118 cm³/mol. The number of carbonyl (C=O) groups is 1. The lowest BCUT2D eigenvalue weighted by Crippen LogP contribution is -2.14. The summed E-state index contributed by atoms with van der Waals surface area (Å²) < 4.78 is 0. The second kappa shape index (κ2) is 10.1. The van der Waals surface area contributed by atoms with Gasteiger partial charge in [0.2, 0.25) is 5.91 Å². The van der Waals surface area contributed by atoms with Crippen molar-refractivity contribution >= 4 is 58.3 Å². The zero-order valence-corrected chi connectivity index (χ0v) is 17.5. The van der Waals surface area contributed by atoms with Crippen LogP contribution >= 0.6 is 46.7 Å². The van der Waals surface area contributed by atoms with Crippen LogP contribution in [0.1, 0.15) is 5.56 Å². The highest BCUT2D eigenvalue weighted by Crippen LogP contribution is 2.33. The van der Waals surface area contributed by atoms with E-state index in [0.717, 1.165) is 21.0 Å². The summed E-state index contributed by atoms with van der Waals surface area (Å²) in [4.78, 5) is 14.5. The molecule has 27 heavy (non-hydrogen) atoms. The second-order valence-corrected chi connectivity index (χ2v) is 8.62. The third-order valence-electron chi connectivity index (χ3n) is 3.62. The molecule has 3 rings (SSSR count). The Balaban J connectivity index is 1.55. The molecule has 3 aromatic rings. The maximum absolute atomic E-state index is 12.3. The first-order valence-corrected chi connectivity index (χ1v) is 11.0. The Bertz CT molecular complexity index is 919. The molecule has 0 aliphatic rings. The van der Waals surface area contributed by atoms with Crippen molar-refractivity contribution in [3.63, 3.8) is 0 Å². The fourth-order valence-corrected chi connectivity index (χ4v) is 4.37. The number of nitrogens with one attached hydrogen (secondary N) is 1. The van der Waals surface area contributed by atoms with Crippen LogP contribution < -0.4 is 5.32 Å². The number of carbonyl (C=O) groups excluding carboxylic acids is 1. The van der Waals surface area contributed by atoms with E-state index in [9.17, 15) is 4.79 Å². The van der Waals surface area contributed by atoms with Gasteiger partial charge in [-0.15, -0.1) is 11.8 Å². The average molecular weight is 434 g/mol. The van der Waals surface area contributed by atoms with Crippen LogP contribution in [0.2, 0.25) is 10.0 Å². The van der Waals surface area contributed by atoms with Gasteiger partial charge in [-0.05, 0) is 42.0 Å². The van der Waals surface area contributed by atoms with Gasteiger partial charge in [-0.2, -0.15) is 0 Å². The summed E-state index contributed by atoms with van der Waals surface area (Å²) in [5.41, 5.74) is 1.87. The Morgan fingerprint density at radius 3 is 2.41 bits per heavy atom. The molecule has 0 unspecified atom stereocenters. The summed E-state index contributed by atoms with van der Waals surface area (Å²) >= 11 is 15.1. The Morgan fingerprint density at radius 1 is 0.889 bits per heavy atom. The van der Waals surface area contributed by atoms with Crippen molar-refractivity contribution in [2.24, 2.45) is 0 Å². The van der Waals surface area contributed by atoms with Crippen LogP contribution in [0, 0.1) is 0 Å². The molecular weight excluding hydrogens is 417 g/mol. The first-order valence-electron chi connectivity index (χ1n) is 8.25. The van der Waals surface area contributed by atoms with E-state index >= 15 is 0 Å². The van der Waals surface area contributed by atoms with Gasteiger partial charge in [-0.3, -0.25) is 4.79 Å². The minimum Gasteiger partial charge on any atom is -0.324 e. The van der Waals surface area contributed by atoms with Crippen molar-refractivity contribution in [3.8, 4) is 0 Å². The number of anilines is 1. The highest BCUT2D eigenvalue weighted by atomic mass is 35.5. The number of benzene rings is 3. The van der Waals surface area contributed by atoms with Crippen molar-refractivity contribution < 1.29 is 4.79 Å². The molecule has 1 N–H and O–H groups in total. The molecule has 0 fully saturated rings. The lowest BCUT2D eigenvalue weighted by atomic mass is 10.2. The van der Waals surface area contributed by atoms with Crippen LogP contribution in [-0.4, -0.2) is 11.7 Å². The van der Waals surface area contributed by atoms with Crippen LogP contribution in [0.25, 0.3) is 0 Å². The van der Waals surface area contributed by atoms with Crippen LogP contribution in [0.5, 0.6) is 0 Å². The van der Waals surface area contributed by atoms with Gasteiger partial charge < -0.3 is 5.32 Å². The number of halogens is 2. The summed E-state index contributed by atoms with van der Waals surface area (Å²) in [6, 6.07) is 23.5. The molecule has 0 heterocycles. The van der Waals surface area contributed by atoms with Gasteiger partial charge in [0, 0.05) is 15.5 Å². The zero-order valence-electron chi connectivity index (χ0n) is 14.3. The Kier molecular flexibility index (Phi) is 7.53. The normalized spacial score (nSPS) is 10.6. The van der Waals surface area contributed by atoms with Gasteiger partial charge in [0.05, 0.1) is 21.5 Å². The number of para-hydroxylation sites is 1. The van der Waals surface area contributed by atoms with Crippen molar-refractivity contribution in [1.82, 2.24) is 0 Å². The summed E-state index contributed by atoms with van der Waals surface area (Å²) in [7, 11) is 0. The molecule has 0 saturated carbocycles. The topological polar surface area (TPSA) is 29.1 Å². The number of hydrogen-bond acceptors (Lipinski definition) is 3.